The molecule has 0 saturated heterocycles. The van der Waals surface area contributed by atoms with E-state index in [-0.39, 0.29) is 27.8 Å². The third-order valence-electron chi connectivity index (χ3n) is 3.18. The summed E-state index contributed by atoms with van der Waals surface area (Å²) in [5, 5.41) is 15.2. The quantitative estimate of drug-likeness (QED) is 0.482. The van der Waals surface area contributed by atoms with Gasteiger partial charge >= 0.3 is 5.69 Å². The van der Waals surface area contributed by atoms with Gasteiger partial charge in [-0.15, -0.1) is 0 Å². The molecule has 0 heterocycles. The van der Waals surface area contributed by atoms with E-state index in [4.69, 9.17) is 21.1 Å². The standard InChI is InChI=1S/C16H14ClN3O5/c1-24-14-8-10(7-13(20(22)23)15(14)25-2)9-18-19-16(21)11-5-3-4-6-12(11)17/h3-9H,1-2H3,(H,19,21)/b18-9-. The maximum atomic E-state index is 12.0. The van der Waals surface area contributed by atoms with Gasteiger partial charge in [-0.1, -0.05) is 23.7 Å². The van der Waals surface area contributed by atoms with E-state index >= 15 is 0 Å². The molecule has 0 atom stereocenters. The largest absolute Gasteiger partial charge is 0.493 e. The number of hydrogen-bond donors (Lipinski definition) is 1. The Morgan fingerprint density at radius 3 is 2.60 bits per heavy atom. The zero-order valence-corrected chi connectivity index (χ0v) is 14.1. The summed E-state index contributed by atoms with van der Waals surface area (Å²) in [6, 6.07) is 9.25. The Balaban J connectivity index is 2.23. The summed E-state index contributed by atoms with van der Waals surface area (Å²) in [6.07, 6.45) is 1.25. The van der Waals surface area contributed by atoms with E-state index in [2.05, 4.69) is 10.5 Å². The second-order valence-electron chi connectivity index (χ2n) is 4.71. The lowest BCUT2D eigenvalue weighted by atomic mass is 10.2. The summed E-state index contributed by atoms with van der Waals surface area (Å²) < 4.78 is 10.1. The van der Waals surface area contributed by atoms with Gasteiger partial charge in [-0.2, -0.15) is 5.10 Å². The van der Waals surface area contributed by atoms with Crippen molar-refractivity contribution in [3.05, 3.63) is 62.7 Å². The molecule has 0 spiro atoms. The molecule has 2 aromatic carbocycles. The second-order valence-corrected chi connectivity index (χ2v) is 5.12. The molecule has 0 radical (unpaired) electrons. The number of ether oxygens (including phenoxy) is 2. The number of nitro groups is 1. The number of hydrogen-bond acceptors (Lipinski definition) is 6. The summed E-state index contributed by atoms with van der Waals surface area (Å²) in [7, 11) is 2.67. The highest BCUT2D eigenvalue weighted by Crippen LogP contribution is 2.37. The first kappa shape index (κ1) is 18.2. The van der Waals surface area contributed by atoms with E-state index < -0.39 is 10.8 Å². The van der Waals surface area contributed by atoms with Crippen molar-refractivity contribution >= 4 is 29.4 Å². The molecule has 0 unspecified atom stereocenters. The molecule has 0 aliphatic carbocycles. The third-order valence-corrected chi connectivity index (χ3v) is 3.51. The molecule has 0 fully saturated rings. The molecule has 8 nitrogen and oxygen atoms in total. The Labute approximate surface area is 148 Å². The van der Waals surface area contributed by atoms with Gasteiger partial charge in [-0.05, 0) is 18.2 Å². The van der Waals surface area contributed by atoms with Gasteiger partial charge in [0.1, 0.15) is 0 Å². The molecule has 130 valence electrons. The lowest BCUT2D eigenvalue weighted by Crippen LogP contribution is -2.17. The van der Waals surface area contributed by atoms with Gasteiger partial charge in [0.15, 0.2) is 5.75 Å². The maximum absolute atomic E-state index is 12.0. The topological polar surface area (TPSA) is 103 Å². The molecular weight excluding hydrogens is 350 g/mol. The maximum Gasteiger partial charge on any atom is 0.315 e. The molecule has 25 heavy (non-hydrogen) atoms. The van der Waals surface area contributed by atoms with E-state index in [0.29, 0.717) is 5.56 Å². The fourth-order valence-corrected chi connectivity index (χ4v) is 2.27. The van der Waals surface area contributed by atoms with E-state index in [1.165, 1.54) is 32.6 Å². The Morgan fingerprint density at radius 1 is 1.28 bits per heavy atom. The smallest absolute Gasteiger partial charge is 0.315 e. The molecule has 2 rings (SSSR count). The third kappa shape index (κ3) is 4.24. The number of carbonyl (C=O) groups excluding carboxylic acids is 1. The van der Waals surface area contributed by atoms with Gasteiger partial charge in [0.05, 0.1) is 35.9 Å². The van der Waals surface area contributed by atoms with Crippen LogP contribution >= 0.6 is 11.6 Å². The monoisotopic (exact) mass is 363 g/mol. The van der Waals surface area contributed by atoms with Crippen LogP contribution in [0.15, 0.2) is 41.5 Å². The Hall–Kier alpha value is -3.13. The van der Waals surface area contributed by atoms with Crippen LogP contribution < -0.4 is 14.9 Å². The Morgan fingerprint density at radius 2 is 2.00 bits per heavy atom. The number of methoxy groups -OCH3 is 2. The van der Waals surface area contributed by atoms with Crippen LogP contribution in [0.1, 0.15) is 15.9 Å². The van der Waals surface area contributed by atoms with Crippen LogP contribution in [0.2, 0.25) is 5.02 Å². The number of hydrazone groups is 1. The predicted octanol–water partition coefficient (Wildman–Crippen LogP) is 3.03. The number of carbonyl (C=O) groups is 1. The molecule has 1 amide bonds. The van der Waals surface area contributed by atoms with Gasteiger partial charge in [0.25, 0.3) is 5.91 Å². The number of halogens is 1. The number of benzene rings is 2. The minimum atomic E-state index is -0.596. The van der Waals surface area contributed by atoms with Crippen molar-refractivity contribution in [1.29, 1.82) is 0 Å². The Kier molecular flexibility index (Phi) is 5.91. The highest BCUT2D eigenvalue weighted by molar-refractivity contribution is 6.33. The summed E-state index contributed by atoms with van der Waals surface area (Å²) in [5.41, 5.74) is 2.64. The highest BCUT2D eigenvalue weighted by atomic mass is 35.5. The normalized spacial score (nSPS) is 10.5. The van der Waals surface area contributed by atoms with Crippen molar-refractivity contribution in [1.82, 2.24) is 5.43 Å². The molecule has 0 bridgehead atoms. The van der Waals surface area contributed by atoms with Crippen molar-refractivity contribution in [3.8, 4) is 11.5 Å². The lowest BCUT2D eigenvalue weighted by molar-refractivity contribution is -0.385. The number of rotatable bonds is 6. The van der Waals surface area contributed by atoms with Gasteiger partial charge in [0, 0.05) is 11.6 Å². The van der Waals surface area contributed by atoms with Gasteiger partial charge in [-0.25, -0.2) is 5.43 Å². The van der Waals surface area contributed by atoms with E-state index in [1.54, 1.807) is 24.3 Å². The minimum Gasteiger partial charge on any atom is -0.493 e. The van der Waals surface area contributed by atoms with Crippen molar-refractivity contribution in [2.24, 2.45) is 5.10 Å². The molecule has 0 aliphatic rings. The van der Waals surface area contributed by atoms with E-state index in [0.717, 1.165) is 0 Å². The molecule has 0 saturated carbocycles. The zero-order chi connectivity index (χ0) is 18.4. The fourth-order valence-electron chi connectivity index (χ4n) is 2.05. The molecule has 0 aromatic heterocycles. The number of amides is 1. The predicted molar refractivity (Wildman–Crippen MR) is 92.7 cm³/mol. The number of nitro benzene ring substituents is 1. The van der Waals surface area contributed by atoms with E-state index in [1.807, 2.05) is 0 Å². The summed E-state index contributed by atoms with van der Waals surface area (Å²) >= 11 is 5.93. The summed E-state index contributed by atoms with van der Waals surface area (Å²) in [5.74, 6) is -0.322. The molecule has 0 aliphatic heterocycles. The van der Waals surface area contributed by atoms with Crippen molar-refractivity contribution < 1.29 is 19.2 Å². The van der Waals surface area contributed by atoms with Crippen LogP contribution in [0.3, 0.4) is 0 Å². The average molecular weight is 364 g/mol. The first-order chi connectivity index (χ1) is 12.0. The van der Waals surface area contributed by atoms with Crippen molar-refractivity contribution in [3.63, 3.8) is 0 Å². The van der Waals surface area contributed by atoms with Crippen LogP contribution in [-0.2, 0) is 0 Å². The summed E-state index contributed by atoms with van der Waals surface area (Å²) in [6.45, 7) is 0. The van der Waals surface area contributed by atoms with Crippen LogP contribution in [0.25, 0.3) is 0 Å². The second kappa shape index (κ2) is 8.11. The number of nitrogens with zero attached hydrogens (tertiary/aromatic N) is 2. The SMILES string of the molecule is COc1cc(/C=N\NC(=O)c2ccccc2Cl)cc([N+](=O)[O-])c1OC. The molecule has 2 aromatic rings. The zero-order valence-electron chi connectivity index (χ0n) is 13.4. The molecule has 1 N–H and O–H groups in total. The summed E-state index contributed by atoms with van der Waals surface area (Å²) in [4.78, 5) is 22.5. The fraction of sp³-hybridized carbons (Fsp3) is 0.125. The lowest BCUT2D eigenvalue weighted by Gasteiger charge is -2.08. The molecular formula is C16H14ClN3O5. The average Bonchev–Trinajstić information content (AvgIpc) is 2.60. The number of nitrogens with one attached hydrogen (secondary N) is 1. The van der Waals surface area contributed by atoms with Gasteiger partial charge in [0.2, 0.25) is 5.75 Å². The van der Waals surface area contributed by atoms with Gasteiger partial charge in [-0.3, -0.25) is 14.9 Å². The van der Waals surface area contributed by atoms with Crippen LogP contribution in [0, 0.1) is 10.1 Å². The van der Waals surface area contributed by atoms with Crippen LogP contribution in [0.5, 0.6) is 11.5 Å². The minimum absolute atomic E-state index is 0.00440. The van der Waals surface area contributed by atoms with Crippen molar-refractivity contribution in [2.75, 3.05) is 14.2 Å². The first-order valence-electron chi connectivity index (χ1n) is 6.96. The molecule has 9 heteroatoms. The van der Waals surface area contributed by atoms with Crippen LogP contribution in [-0.4, -0.2) is 31.3 Å². The van der Waals surface area contributed by atoms with Crippen molar-refractivity contribution in [2.45, 2.75) is 0 Å². The van der Waals surface area contributed by atoms with Gasteiger partial charge < -0.3 is 9.47 Å². The highest BCUT2D eigenvalue weighted by Gasteiger charge is 2.21. The Bertz CT molecular complexity index is 839. The van der Waals surface area contributed by atoms with Crippen LogP contribution in [0.4, 0.5) is 5.69 Å². The first-order valence-corrected chi connectivity index (χ1v) is 7.34. The van der Waals surface area contributed by atoms with E-state index in [9.17, 15) is 14.9 Å².